The third kappa shape index (κ3) is 4.92. The number of nitrogens with one attached hydrogen (secondary N) is 1. The van der Waals surface area contributed by atoms with Gasteiger partial charge in [-0.15, -0.1) is 0 Å². The molecule has 2 fully saturated rings. The lowest BCUT2D eigenvalue weighted by molar-refractivity contribution is -0.120. The van der Waals surface area contributed by atoms with E-state index in [1.807, 2.05) is 11.8 Å². The van der Waals surface area contributed by atoms with Crippen molar-refractivity contribution < 1.29 is 9.53 Å². The third-order valence-electron chi connectivity index (χ3n) is 5.58. The van der Waals surface area contributed by atoms with E-state index < -0.39 is 0 Å². The summed E-state index contributed by atoms with van der Waals surface area (Å²) in [6, 6.07) is 7.36. The second-order valence-electron chi connectivity index (χ2n) is 7.43. The number of halogens is 1. The van der Waals surface area contributed by atoms with Crippen LogP contribution in [-0.2, 0) is 4.79 Å². The zero-order valence-corrected chi connectivity index (χ0v) is 18.6. The number of benzene rings is 1. The maximum atomic E-state index is 12.7. The van der Waals surface area contributed by atoms with Crippen LogP contribution in [0.25, 0.3) is 0 Å². The highest BCUT2D eigenvalue weighted by molar-refractivity contribution is 7.99. The lowest BCUT2D eigenvalue weighted by atomic mass is 9.96. The molecule has 7 nitrogen and oxygen atoms in total. The summed E-state index contributed by atoms with van der Waals surface area (Å²) < 4.78 is 5.16. The minimum atomic E-state index is -0.0254. The summed E-state index contributed by atoms with van der Waals surface area (Å²) in [5, 5.41) is 3.46. The molecule has 1 aromatic carbocycles. The van der Waals surface area contributed by atoms with Crippen molar-refractivity contribution in [2.24, 2.45) is 5.92 Å². The maximum Gasteiger partial charge on any atom is 0.227 e. The molecular formula is C21H26ClN5O2S. The highest BCUT2D eigenvalue weighted by Crippen LogP contribution is 2.29. The molecule has 2 aliphatic rings. The minimum Gasteiger partial charge on any atom is -0.495 e. The van der Waals surface area contributed by atoms with E-state index in [4.69, 9.17) is 16.3 Å². The topological polar surface area (TPSA) is 70.6 Å². The van der Waals surface area contributed by atoms with Crippen LogP contribution in [0.1, 0.15) is 12.8 Å². The Balaban J connectivity index is 1.33. The predicted molar refractivity (Wildman–Crippen MR) is 123 cm³/mol. The van der Waals surface area contributed by atoms with Crippen molar-refractivity contribution in [3.8, 4) is 5.75 Å². The molecule has 1 aromatic heterocycles. The maximum absolute atomic E-state index is 12.7. The average Bonchev–Trinajstić information content (AvgIpc) is 2.80. The lowest BCUT2D eigenvalue weighted by Gasteiger charge is -2.33. The van der Waals surface area contributed by atoms with Crippen LogP contribution in [0.3, 0.4) is 0 Å². The largest absolute Gasteiger partial charge is 0.495 e. The molecule has 0 bridgehead atoms. The molecule has 0 atom stereocenters. The van der Waals surface area contributed by atoms with Gasteiger partial charge in [0, 0.05) is 55.4 Å². The first kappa shape index (κ1) is 21.1. The molecule has 160 valence electrons. The van der Waals surface area contributed by atoms with Crippen molar-refractivity contribution in [1.29, 1.82) is 0 Å². The van der Waals surface area contributed by atoms with Crippen LogP contribution in [0, 0.1) is 5.92 Å². The van der Waals surface area contributed by atoms with Crippen LogP contribution in [0.15, 0.2) is 30.6 Å². The first-order chi connectivity index (χ1) is 14.6. The van der Waals surface area contributed by atoms with Gasteiger partial charge in [-0.1, -0.05) is 11.6 Å². The molecule has 2 aliphatic heterocycles. The quantitative estimate of drug-likeness (QED) is 0.751. The van der Waals surface area contributed by atoms with E-state index in [-0.39, 0.29) is 11.8 Å². The third-order valence-corrected chi connectivity index (χ3v) is 6.82. The zero-order chi connectivity index (χ0) is 20.9. The second kappa shape index (κ2) is 9.75. The number of aromatic nitrogens is 2. The Morgan fingerprint density at radius 1 is 1.10 bits per heavy atom. The van der Waals surface area contributed by atoms with Crippen molar-refractivity contribution in [3.63, 3.8) is 0 Å². The smallest absolute Gasteiger partial charge is 0.227 e. The van der Waals surface area contributed by atoms with Crippen LogP contribution in [0.4, 0.5) is 17.3 Å². The van der Waals surface area contributed by atoms with E-state index in [0.717, 1.165) is 62.2 Å². The van der Waals surface area contributed by atoms with Crippen LogP contribution in [0.5, 0.6) is 5.75 Å². The molecule has 2 saturated heterocycles. The molecule has 0 unspecified atom stereocenters. The van der Waals surface area contributed by atoms with E-state index in [1.165, 1.54) is 0 Å². The standard InChI is InChI=1S/C21H26ClN5O2S/c1-29-18-3-2-16(12-17(18)22)25-21(28)15-4-6-26(7-5-15)19-13-20(24-14-23-19)27-8-10-30-11-9-27/h2-3,12-15H,4-11H2,1H3,(H,25,28). The Morgan fingerprint density at radius 2 is 1.77 bits per heavy atom. The molecule has 0 saturated carbocycles. The number of piperidine rings is 1. The monoisotopic (exact) mass is 447 g/mol. The van der Waals surface area contributed by atoms with Crippen LogP contribution in [-0.4, -0.2) is 60.7 Å². The number of thioether (sulfide) groups is 1. The Bertz CT molecular complexity index is 885. The number of ether oxygens (including phenoxy) is 1. The van der Waals surface area contributed by atoms with Crippen molar-refractivity contribution in [1.82, 2.24) is 9.97 Å². The minimum absolute atomic E-state index is 0.0254. The predicted octanol–water partition coefficient (Wildman–Crippen LogP) is 3.55. The number of nitrogens with zero attached hydrogens (tertiary/aromatic N) is 4. The first-order valence-corrected chi connectivity index (χ1v) is 11.7. The summed E-state index contributed by atoms with van der Waals surface area (Å²) in [6.07, 6.45) is 3.23. The summed E-state index contributed by atoms with van der Waals surface area (Å²) in [7, 11) is 1.57. The number of rotatable bonds is 5. The number of amides is 1. The van der Waals surface area contributed by atoms with Crippen LogP contribution in [0.2, 0.25) is 5.02 Å². The van der Waals surface area contributed by atoms with E-state index in [0.29, 0.717) is 16.5 Å². The highest BCUT2D eigenvalue weighted by Gasteiger charge is 2.26. The molecule has 3 heterocycles. The number of carbonyl (C=O) groups excluding carboxylic acids is 1. The fourth-order valence-electron chi connectivity index (χ4n) is 3.83. The van der Waals surface area contributed by atoms with E-state index in [9.17, 15) is 4.79 Å². The summed E-state index contributed by atoms with van der Waals surface area (Å²) in [5.41, 5.74) is 0.688. The lowest BCUT2D eigenvalue weighted by Crippen LogP contribution is -2.39. The molecule has 0 radical (unpaired) electrons. The Labute approximate surface area is 186 Å². The van der Waals surface area contributed by atoms with Crippen molar-refractivity contribution in [2.75, 3.05) is 59.9 Å². The van der Waals surface area contributed by atoms with Gasteiger partial charge in [-0.25, -0.2) is 9.97 Å². The van der Waals surface area contributed by atoms with Gasteiger partial charge in [0.2, 0.25) is 5.91 Å². The molecular weight excluding hydrogens is 422 g/mol. The van der Waals surface area contributed by atoms with Crippen LogP contribution >= 0.6 is 23.4 Å². The summed E-state index contributed by atoms with van der Waals surface area (Å²) >= 11 is 8.14. The SMILES string of the molecule is COc1ccc(NC(=O)C2CCN(c3cc(N4CCSCC4)ncn3)CC2)cc1Cl. The Morgan fingerprint density at radius 3 is 2.40 bits per heavy atom. The van der Waals surface area contributed by atoms with Gasteiger partial charge < -0.3 is 19.9 Å². The van der Waals surface area contributed by atoms with E-state index in [1.54, 1.807) is 31.6 Å². The molecule has 30 heavy (non-hydrogen) atoms. The Kier molecular flexibility index (Phi) is 6.84. The summed E-state index contributed by atoms with van der Waals surface area (Å²) in [6.45, 7) is 3.65. The Hall–Kier alpha value is -2.19. The molecule has 4 rings (SSSR count). The van der Waals surface area contributed by atoms with Gasteiger partial charge >= 0.3 is 0 Å². The normalized spacial score (nSPS) is 17.7. The van der Waals surface area contributed by atoms with Crippen molar-refractivity contribution in [2.45, 2.75) is 12.8 Å². The molecule has 9 heteroatoms. The van der Waals surface area contributed by atoms with E-state index >= 15 is 0 Å². The molecule has 1 amide bonds. The molecule has 2 aromatic rings. The van der Waals surface area contributed by atoms with Gasteiger partial charge in [-0.3, -0.25) is 4.79 Å². The van der Waals surface area contributed by atoms with Crippen molar-refractivity contribution >= 4 is 46.6 Å². The zero-order valence-electron chi connectivity index (χ0n) is 17.0. The van der Waals surface area contributed by atoms with Gasteiger partial charge in [-0.05, 0) is 31.0 Å². The van der Waals surface area contributed by atoms with Gasteiger partial charge in [0.1, 0.15) is 23.7 Å². The van der Waals surface area contributed by atoms with Gasteiger partial charge in [0.25, 0.3) is 0 Å². The second-order valence-corrected chi connectivity index (χ2v) is 9.07. The molecule has 1 N–H and O–H groups in total. The van der Waals surface area contributed by atoms with Crippen LogP contribution < -0.4 is 19.9 Å². The summed E-state index contributed by atoms with van der Waals surface area (Å²) in [5.74, 6) is 4.82. The fraction of sp³-hybridized carbons (Fsp3) is 0.476. The number of hydrogen-bond acceptors (Lipinski definition) is 7. The first-order valence-electron chi connectivity index (χ1n) is 10.2. The van der Waals surface area contributed by atoms with Gasteiger partial charge in [0.15, 0.2) is 0 Å². The van der Waals surface area contributed by atoms with Gasteiger partial charge in [-0.2, -0.15) is 11.8 Å². The van der Waals surface area contributed by atoms with Gasteiger partial charge in [0.05, 0.1) is 12.1 Å². The number of methoxy groups -OCH3 is 1. The summed E-state index contributed by atoms with van der Waals surface area (Å²) in [4.78, 5) is 26.2. The molecule has 0 aliphatic carbocycles. The number of anilines is 3. The van der Waals surface area contributed by atoms with Crippen molar-refractivity contribution in [3.05, 3.63) is 35.6 Å². The number of hydrogen-bond donors (Lipinski definition) is 1. The molecule has 0 spiro atoms. The number of carbonyl (C=O) groups is 1. The highest BCUT2D eigenvalue weighted by atomic mass is 35.5. The average molecular weight is 448 g/mol. The fourth-order valence-corrected chi connectivity index (χ4v) is 5.00. The van der Waals surface area contributed by atoms with E-state index in [2.05, 4.69) is 31.2 Å².